The zero-order valence-electron chi connectivity index (χ0n) is 21.4. The van der Waals surface area contributed by atoms with E-state index >= 15 is 0 Å². The van der Waals surface area contributed by atoms with E-state index < -0.39 is 24.5 Å². The smallest absolute Gasteiger partial charge is 0.242 e. The van der Waals surface area contributed by atoms with Crippen molar-refractivity contribution in [3.63, 3.8) is 0 Å². The van der Waals surface area contributed by atoms with Gasteiger partial charge in [0.05, 0.1) is 8.07 Å². The lowest BCUT2D eigenvalue weighted by Crippen LogP contribution is -2.25. The Balaban J connectivity index is 2.70. The highest BCUT2D eigenvalue weighted by Gasteiger charge is 2.23. The zero-order chi connectivity index (χ0) is 24.0. The molecule has 0 aliphatic rings. The second-order valence-corrected chi connectivity index (χ2v) is 25.6. The second-order valence-electron chi connectivity index (χ2n) is 11.4. The lowest BCUT2D eigenvalue weighted by Gasteiger charge is -2.24. The molecule has 0 heterocycles. The first kappa shape index (κ1) is 26.2. The van der Waals surface area contributed by atoms with Crippen LogP contribution in [0.1, 0.15) is 17.0 Å². The minimum absolute atomic E-state index is 0.111. The molecule has 1 nitrogen and oxygen atoms in total. The molecule has 0 aliphatic heterocycles. The molecule has 2 aromatic rings. The number of hydrogen-bond donors (Lipinski definition) is 0. The van der Waals surface area contributed by atoms with Crippen molar-refractivity contribution >= 4 is 30.2 Å². The van der Waals surface area contributed by atoms with Gasteiger partial charge in [-0.2, -0.15) is 0 Å². The van der Waals surface area contributed by atoms with Crippen LogP contribution in [0.4, 0.5) is 0 Å². The SMILES string of the molecule is C[Si](C)(C)C#C/C(=C\C(/C=C(\O[Si](C)(C)C)c1ccccc1)c1ccccc1)[Si](C)(C)C. The highest BCUT2D eigenvalue weighted by Crippen LogP contribution is 2.30. The van der Waals surface area contributed by atoms with Crippen LogP contribution in [0.3, 0.4) is 0 Å². The number of allylic oxidation sites excluding steroid dienone is 3. The molecule has 0 amide bonds. The van der Waals surface area contributed by atoms with Crippen molar-refractivity contribution < 1.29 is 4.43 Å². The van der Waals surface area contributed by atoms with E-state index in [2.05, 4.69) is 143 Å². The van der Waals surface area contributed by atoms with Crippen molar-refractivity contribution in [3.8, 4) is 11.5 Å². The Hall–Kier alpha value is -2.07. The lowest BCUT2D eigenvalue weighted by molar-refractivity contribution is 0.512. The summed E-state index contributed by atoms with van der Waals surface area (Å²) >= 11 is 0. The van der Waals surface area contributed by atoms with Gasteiger partial charge in [0.25, 0.3) is 0 Å². The first-order valence-electron chi connectivity index (χ1n) is 11.5. The van der Waals surface area contributed by atoms with Gasteiger partial charge in [-0.15, -0.1) is 5.54 Å². The molecule has 1 unspecified atom stereocenters. The normalized spacial score (nSPS) is 14.4. The first-order valence-corrected chi connectivity index (χ1v) is 21.9. The van der Waals surface area contributed by atoms with Crippen LogP contribution in [0.2, 0.25) is 58.9 Å². The largest absolute Gasteiger partial charge is 0.544 e. The van der Waals surface area contributed by atoms with Crippen LogP contribution < -0.4 is 0 Å². The fourth-order valence-corrected chi connectivity index (χ4v) is 5.71. The Labute approximate surface area is 199 Å². The van der Waals surface area contributed by atoms with Gasteiger partial charge in [-0.05, 0) is 36.5 Å². The van der Waals surface area contributed by atoms with E-state index in [4.69, 9.17) is 4.43 Å². The molecule has 0 saturated carbocycles. The topological polar surface area (TPSA) is 9.23 Å². The highest BCUT2D eigenvalue weighted by molar-refractivity contribution is 6.86. The Bertz CT molecular complexity index is 990. The Morgan fingerprint density at radius 3 is 1.75 bits per heavy atom. The van der Waals surface area contributed by atoms with Crippen molar-refractivity contribution in [2.75, 3.05) is 0 Å². The van der Waals surface area contributed by atoms with Crippen LogP contribution in [0.25, 0.3) is 5.76 Å². The minimum atomic E-state index is -1.79. The van der Waals surface area contributed by atoms with Crippen molar-refractivity contribution in [3.05, 3.63) is 89.1 Å². The van der Waals surface area contributed by atoms with Gasteiger partial charge in [0.1, 0.15) is 13.8 Å². The average Bonchev–Trinajstić information content (AvgIpc) is 2.68. The van der Waals surface area contributed by atoms with E-state index in [0.29, 0.717) is 0 Å². The van der Waals surface area contributed by atoms with Crippen molar-refractivity contribution in [2.45, 2.75) is 64.8 Å². The Morgan fingerprint density at radius 2 is 1.28 bits per heavy atom. The van der Waals surface area contributed by atoms with Crippen molar-refractivity contribution in [2.24, 2.45) is 0 Å². The van der Waals surface area contributed by atoms with E-state index in [-0.39, 0.29) is 5.92 Å². The van der Waals surface area contributed by atoms with Crippen LogP contribution >= 0.6 is 0 Å². The molecule has 0 aliphatic carbocycles. The molecule has 2 aromatic carbocycles. The van der Waals surface area contributed by atoms with Gasteiger partial charge in [-0.3, -0.25) is 0 Å². The van der Waals surface area contributed by atoms with Crippen LogP contribution in [-0.2, 0) is 4.43 Å². The third-order valence-corrected chi connectivity index (χ3v) is 8.33. The molecule has 0 aromatic heterocycles. The van der Waals surface area contributed by atoms with Crippen LogP contribution in [0, 0.1) is 11.5 Å². The molecule has 0 bridgehead atoms. The molecule has 170 valence electrons. The molecule has 32 heavy (non-hydrogen) atoms. The molecular weight excluding hydrogens is 437 g/mol. The molecule has 0 N–H and O–H groups in total. The maximum Gasteiger partial charge on any atom is 0.242 e. The molecule has 0 radical (unpaired) electrons. The summed E-state index contributed by atoms with van der Waals surface area (Å²) in [4.78, 5) is 0. The summed E-state index contributed by atoms with van der Waals surface area (Å²) in [6, 6.07) is 21.2. The summed E-state index contributed by atoms with van der Waals surface area (Å²) in [7, 11) is -4.86. The number of hydrogen-bond acceptors (Lipinski definition) is 1. The van der Waals surface area contributed by atoms with E-state index in [1.165, 1.54) is 10.8 Å². The molecule has 0 fully saturated rings. The van der Waals surface area contributed by atoms with Gasteiger partial charge >= 0.3 is 0 Å². The Morgan fingerprint density at radius 1 is 0.750 bits per heavy atom. The summed E-state index contributed by atoms with van der Waals surface area (Å²) < 4.78 is 6.61. The standard InChI is InChI=1S/C28H40OSi3/c1-30(2,3)21-20-27(31(4,5)6)22-26(24-16-12-10-13-17-24)23-28(29-32(7,8)9)25-18-14-11-15-19-25/h10-19,22-23,26H,1-9H3/b27-22+,28-23-. The fraction of sp³-hybridized carbons (Fsp3) is 0.357. The average molecular weight is 477 g/mol. The summed E-state index contributed by atoms with van der Waals surface area (Å²) in [6.45, 7) is 20.8. The minimum Gasteiger partial charge on any atom is -0.544 e. The fourth-order valence-electron chi connectivity index (χ4n) is 3.11. The predicted octanol–water partition coefficient (Wildman–Crippen LogP) is 8.35. The number of benzene rings is 2. The summed E-state index contributed by atoms with van der Waals surface area (Å²) in [6.07, 6.45) is 4.71. The maximum atomic E-state index is 6.61. The highest BCUT2D eigenvalue weighted by atomic mass is 28.4. The lowest BCUT2D eigenvalue weighted by atomic mass is 9.96. The van der Waals surface area contributed by atoms with E-state index in [1.807, 2.05) is 0 Å². The predicted molar refractivity (Wildman–Crippen MR) is 151 cm³/mol. The van der Waals surface area contributed by atoms with Crippen LogP contribution in [0.5, 0.6) is 0 Å². The molecule has 1 atom stereocenters. The summed E-state index contributed by atoms with van der Waals surface area (Å²) in [5, 5.41) is 1.32. The van der Waals surface area contributed by atoms with E-state index in [9.17, 15) is 0 Å². The number of rotatable bonds is 7. The maximum absolute atomic E-state index is 6.61. The molecule has 0 saturated heterocycles. The monoisotopic (exact) mass is 476 g/mol. The van der Waals surface area contributed by atoms with Crippen LogP contribution in [0.15, 0.2) is 78.0 Å². The van der Waals surface area contributed by atoms with Gasteiger partial charge in [-0.25, -0.2) is 0 Å². The summed E-state index contributed by atoms with van der Waals surface area (Å²) in [5.41, 5.74) is 6.02. The van der Waals surface area contributed by atoms with Gasteiger partial charge < -0.3 is 4.43 Å². The van der Waals surface area contributed by atoms with Gasteiger partial charge in [0, 0.05) is 11.5 Å². The Kier molecular flexibility index (Phi) is 8.75. The molecule has 2 rings (SSSR count). The van der Waals surface area contributed by atoms with Gasteiger partial charge in [0.2, 0.25) is 8.32 Å². The molecular formula is C28H40OSi3. The molecule has 0 spiro atoms. The van der Waals surface area contributed by atoms with Gasteiger partial charge in [0.15, 0.2) is 0 Å². The second kappa shape index (κ2) is 10.7. The third-order valence-electron chi connectivity index (χ3n) is 4.72. The quantitative estimate of drug-likeness (QED) is 0.222. The first-order chi connectivity index (χ1) is 14.7. The molecule has 4 heteroatoms. The van der Waals surface area contributed by atoms with Gasteiger partial charge in [-0.1, -0.05) is 112 Å². The zero-order valence-corrected chi connectivity index (χ0v) is 24.4. The van der Waals surface area contributed by atoms with E-state index in [1.54, 1.807) is 0 Å². The summed E-state index contributed by atoms with van der Waals surface area (Å²) in [5.74, 6) is 4.72. The third kappa shape index (κ3) is 9.20. The van der Waals surface area contributed by atoms with Crippen molar-refractivity contribution in [1.29, 1.82) is 0 Å². The van der Waals surface area contributed by atoms with Crippen LogP contribution in [-0.4, -0.2) is 24.5 Å². The van der Waals surface area contributed by atoms with E-state index in [0.717, 1.165) is 11.3 Å². The van der Waals surface area contributed by atoms with Crippen molar-refractivity contribution in [1.82, 2.24) is 0 Å².